The Morgan fingerprint density at radius 3 is 2.53 bits per heavy atom. The van der Waals surface area contributed by atoms with Crippen molar-refractivity contribution in [1.29, 1.82) is 0 Å². The van der Waals surface area contributed by atoms with E-state index in [1.807, 2.05) is 52.0 Å². The lowest BCUT2D eigenvalue weighted by Gasteiger charge is -2.18. The average Bonchev–Trinajstić information content (AvgIpc) is 3.17. The largest absolute Gasteiger partial charge is 0.342 e. The summed E-state index contributed by atoms with van der Waals surface area (Å²) in [4.78, 5) is 17.3. The van der Waals surface area contributed by atoms with Gasteiger partial charge in [0.05, 0.1) is 11.8 Å². The van der Waals surface area contributed by atoms with E-state index < -0.39 is 23.6 Å². The molecular formula is C25H34F2N4O. The number of halogens is 2. The lowest BCUT2D eigenvalue weighted by molar-refractivity contribution is 0.0122. The van der Waals surface area contributed by atoms with Gasteiger partial charge < -0.3 is 5.32 Å². The Bertz CT molecular complexity index is 1030. The number of alkyl halides is 2. The Kier molecular flexibility index (Phi) is 9.95. The lowest BCUT2D eigenvalue weighted by Crippen LogP contribution is -2.40. The first-order valence-electron chi connectivity index (χ1n) is 10.5. The molecule has 1 aromatic carbocycles. The van der Waals surface area contributed by atoms with Crippen LogP contribution in [0.4, 0.5) is 8.78 Å². The Hall–Kier alpha value is -3.31. The van der Waals surface area contributed by atoms with Gasteiger partial charge in [-0.05, 0) is 31.6 Å². The van der Waals surface area contributed by atoms with Crippen LogP contribution in [0.25, 0.3) is 5.70 Å². The maximum Gasteiger partial charge on any atom is 0.288 e. The number of nitrogens with zero attached hydrogens (tertiary/aromatic N) is 3. The summed E-state index contributed by atoms with van der Waals surface area (Å²) in [6, 6.07) is 8.34. The van der Waals surface area contributed by atoms with Crippen molar-refractivity contribution in [2.75, 3.05) is 0 Å². The first-order valence-corrected chi connectivity index (χ1v) is 10.5. The molecule has 0 radical (unpaired) electrons. The Morgan fingerprint density at radius 2 is 2.06 bits per heavy atom. The number of carbonyl (C=O) groups is 1. The van der Waals surface area contributed by atoms with E-state index in [1.165, 1.54) is 7.05 Å². The van der Waals surface area contributed by atoms with Gasteiger partial charge in [0.2, 0.25) is 0 Å². The van der Waals surface area contributed by atoms with Crippen LogP contribution in [-0.4, -0.2) is 27.4 Å². The van der Waals surface area contributed by atoms with Gasteiger partial charge >= 0.3 is 0 Å². The van der Waals surface area contributed by atoms with Gasteiger partial charge in [0.1, 0.15) is 17.1 Å². The molecule has 2 rings (SSSR count). The van der Waals surface area contributed by atoms with Crippen molar-refractivity contribution in [2.45, 2.75) is 53.0 Å². The molecular weight excluding hydrogens is 410 g/mol. The third-order valence-electron chi connectivity index (χ3n) is 4.54. The first-order chi connectivity index (χ1) is 15.1. The van der Waals surface area contributed by atoms with Crippen LogP contribution in [0.3, 0.4) is 0 Å². The molecule has 0 saturated heterocycles. The second-order valence-electron chi connectivity index (χ2n) is 7.00. The summed E-state index contributed by atoms with van der Waals surface area (Å²) in [7, 11) is 1.45. The summed E-state index contributed by atoms with van der Waals surface area (Å²) in [6.07, 6.45) is 2.07. The maximum atomic E-state index is 13.5. The average molecular weight is 445 g/mol. The van der Waals surface area contributed by atoms with Crippen molar-refractivity contribution in [3.63, 3.8) is 0 Å². The van der Waals surface area contributed by atoms with Crippen molar-refractivity contribution >= 4 is 17.3 Å². The van der Waals surface area contributed by atoms with Crippen LogP contribution in [0, 0.1) is 6.92 Å². The van der Waals surface area contributed by atoms with Gasteiger partial charge in [-0.1, -0.05) is 57.7 Å². The molecule has 0 aliphatic heterocycles. The molecule has 1 unspecified atom stereocenters. The van der Waals surface area contributed by atoms with E-state index in [4.69, 9.17) is 0 Å². The number of aliphatic imine (C=N–C) groups is 1. The van der Waals surface area contributed by atoms with Gasteiger partial charge in [-0.25, -0.2) is 4.99 Å². The summed E-state index contributed by atoms with van der Waals surface area (Å²) in [5, 5.41) is 6.57. The smallest absolute Gasteiger partial charge is 0.288 e. The van der Waals surface area contributed by atoms with Crippen molar-refractivity contribution in [2.24, 2.45) is 12.0 Å². The molecule has 1 atom stereocenters. The minimum Gasteiger partial charge on any atom is -0.342 e. The van der Waals surface area contributed by atoms with Crippen molar-refractivity contribution in [1.82, 2.24) is 15.1 Å². The predicted molar refractivity (Wildman–Crippen MR) is 129 cm³/mol. The zero-order chi connectivity index (χ0) is 24.5. The van der Waals surface area contributed by atoms with Gasteiger partial charge in [-0.3, -0.25) is 9.48 Å². The molecule has 0 bridgehead atoms. The summed E-state index contributed by atoms with van der Waals surface area (Å²) >= 11 is 0. The summed E-state index contributed by atoms with van der Waals surface area (Å²) in [5.41, 5.74) is 5.34. The summed E-state index contributed by atoms with van der Waals surface area (Å²) in [6.45, 7) is 16.1. The highest BCUT2D eigenvalue weighted by Gasteiger charge is 2.30. The van der Waals surface area contributed by atoms with Crippen molar-refractivity contribution in [3.8, 4) is 0 Å². The van der Waals surface area contributed by atoms with Gasteiger partial charge in [-0.15, -0.1) is 5.73 Å². The topological polar surface area (TPSA) is 59.3 Å². The second-order valence-corrected chi connectivity index (χ2v) is 7.00. The van der Waals surface area contributed by atoms with Crippen LogP contribution in [0.15, 0.2) is 60.3 Å². The van der Waals surface area contributed by atoms with Gasteiger partial charge in [0.25, 0.3) is 11.8 Å². The minimum absolute atomic E-state index is 0. The van der Waals surface area contributed by atoms with E-state index >= 15 is 0 Å². The van der Waals surface area contributed by atoms with Gasteiger partial charge in [0, 0.05) is 21.0 Å². The quantitative estimate of drug-likeness (QED) is 0.397. The first kappa shape index (κ1) is 26.7. The molecule has 1 heterocycles. The molecule has 0 fully saturated rings. The number of amides is 1. The number of aryl methyl sites for hydroxylation is 2. The molecule has 7 heteroatoms. The monoisotopic (exact) mass is 444 g/mol. The second kappa shape index (κ2) is 11.9. The highest BCUT2D eigenvalue weighted by Crippen LogP contribution is 2.26. The molecule has 174 valence electrons. The van der Waals surface area contributed by atoms with Crippen molar-refractivity contribution < 1.29 is 15.0 Å². The zero-order valence-electron chi connectivity index (χ0n) is 19.7. The number of aromatic nitrogens is 2. The number of hydrogen-bond donors (Lipinski definition) is 1. The summed E-state index contributed by atoms with van der Waals surface area (Å²) in [5.74, 6) is -3.66. The van der Waals surface area contributed by atoms with E-state index in [-0.39, 0.29) is 7.12 Å². The van der Waals surface area contributed by atoms with Crippen LogP contribution in [0.5, 0.6) is 0 Å². The summed E-state index contributed by atoms with van der Waals surface area (Å²) < 4.78 is 28.2. The lowest BCUT2D eigenvalue weighted by atomic mass is 10.1. The molecule has 1 amide bonds. The fraction of sp³-hybridized carbons (Fsp3) is 0.360. The zero-order valence-corrected chi connectivity index (χ0v) is 19.7. The van der Waals surface area contributed by atoms with E-state index in [0.29, 0.717) is 17.8 Å². The Labute approximate surface area is 190 Å². The molecule has 1 aromatic heterocycles. The fourth-order valence-electron chi connectivity index (χ4n) is 2.91. The van der Waals surface area contributed by atoms with Crippen LogP contribution in [0.2, 0.25) is 0 Å². The predicted octanol–water partition coefficient (Wildman–Crippen LogP) is 6.07. The molecule has 0 spiro atoms. The SMILES string of the molecule is C=C=C(N=C(C=C)C(CC)NC(=O)c1cc(C(C)(F)F)nn1C)c1cccc(C)c1.CC.[HH]. The number of carbonyl (C=O) groups excluding carboxylic acids is 1. The minimum atomic E-state index is -3.13. The number of rotatable bonds is 8. The standard InChI is InChI=1S/C23H26F2N4O.C2H6.H2/c1-7-17(16-12-10-11-15(4)13-16)26-18(8-2)19(9-3)27-22(30)20-14-21(23(5,24)25)28-29(20)6;1-2;/h8,10-14,19H,1-2,9H2,3-6H3,(H,27,30);1-2H3;1H. The number of hydrogen-bond acceptors (Lipinski definition) is 3. The van der Waals surface area contributed by atoms with E-state index in [0.717, 1.165) is 28.8 Å². The molecule has 5 nitrogen and oxygen atoms in total. The normalized spacial score (nSPS) is 12.2. The third kappa shape index (κ3) is 6.86. The highest BCUT2D eigenvalue weighted by molar-refractivity contribution is 6.05. The Balaban J connectivity index is 0.00000332. The van der Waals surface area contributed by atoms with Gasteiger partial charge in [-0.2, -0.15) is 13.9 Å². The van der Waals surface area contributed by atoms with Crippen LogP contribution >= 0.6 is 0 Å². The third-order valence-corrected chi connectivity index (χ3v) is 4.54. The molecule has 32 heavy (non-hydrogen) atoms. The molecule has 1 N–H and O–H groups in total. The molecule has 0 saturated carbocycles. The molecule has 0 aliphatic carbocycles. The van der Waals surface area contributed by atoms with Crippen molar-refractivity contribution in [3.05, 3.63) is 77.8 Å². The Morgan fingerprint density at radius 1 is 1.41 bits per heavy atom. The van der Waals surface area contributed by atoms with Crippen LogP contribution in [0.1, 0.15) is 62.9 Å². The van der Waals surface area contributed by atoms with Crippen LogP contribution < -0.4 is 5.32 Å². The van der Waals surface area contributed by atoms with Gasteiger partial charge in [0.15, 0.2) is 0 Å². The van der Waals surface area contributed by atoms with E-state index in [9.17, 15) is 13.6 Å². The fourth-order valence-corrected chi connectivity index (χ4v) is 2.91. The van der Waals surface area contributed by atoms with E-state index in [2.05, 4.69) is 34.3 Å². The number of nitrogens with one attached hydrogen (secondary N) is 1. The molecule has 0 aliphatic rings. The maximum absolute atomic E-state index is 13.5. The number of benzene rings is 1. The van der Waals surface area contributed by atoms with Crippen LogP contribution in [-0.2, 0) is 13.0 Å². The highest BCUT2D eigenvalue weighted by atomic mass is 19.3. The molecule has 2 aromatic rings. The van der Waals surface area contributed by atoms with E-state index in [1.54, 1.807) is 6.08 Å².